The molecule has 0 spiro atoms. The molecule has 0 aliphatic rings. The molecule has 0 aliphatic carbocycles. The molecule has 0 saturated heterocycles. The summed E-state index contributed by atoms with van der Waals surface area (Å²) < 4.78 is 0. The van der Waals surface area contributed by atoms with E-state index in [0.29, 0.717) is 10.0 Å². The van der Waals surface area contributed by atoms with E-state index in [0.717, 1.165) is 18.7 Å². The van der Waals surface area contributed by atoms with Gasteiger partial charge in [-0.3, -0.25) is 0 Å². The highest BCUT2D eigenvalue weighted by Crippen LogP contribution is 2.22. The highest BCUT2D eigenvalue weighted by molar-refractivity contribution is 6.42. The maximum atomic E-state index is 5.91. The van der Waals surface area contributed by atoms with E-state index in [9.17, 15) is 0 Å². The van der Waals surface area contributed by atoms with E-state index < -0.39 is 0 Å². The van der Waals surface area contributed by atoms with Gasteiger partial charge in [-0.25, -0.2) is 0 Å². The molecule has 3 heteroatoms. The first kappa shape index (κ1) is 12.6. The quantitative estimate of drug-likeness (QED) is 0.622. The van der Waals surface area contributed by atoms with Crippen molar-refractivity contribution in [1.82, 2.24) is 5.32 Å². The fourth-order valence-electron chi connectivity index (χ4n) is 1.14. The number of nitrogens with one attached hydrogen (secondary N) is 1. The Morgan fingerprint density at radius 1 is 1.27 bits per heavy atom. The number of hydrogen-bond acceptors (Lipinski definition) is 1. The molecule has 1 nitrogen and oxygen atoms in total. The Morgan fingerprint density at radius 3 is 2.60 bits per heavy atom. The summed E-state index contributed by atoms with van der Waals surface area (Å²) in [6.45, 7) is 5.85. The summed E-state index contributed by atoms with van der Waals surface area (Å²) in [4.78, 5) is 0. The first-order chi connectivity index (χ1) is 7.09. The fraction of sp³-hybridized carbons (Fsp3) is 0.333. The first-order valence-electron chi connectivity index (χ1n) is 4.87. The van der Waals surface area contributed by atoms with Gasteiger partial charge in [0, 0.05) is 13.1 Å². The minimum absolute atomic E-state index is 0.602. The standard InChI is InChI=1S/C12H15Cl2N/c1-9(2)5-6-15-8-10-3-4-11(13)12(14)7-10/h3-5,7,15H,6,8H2,1-2H3. The fourth-order valence-corrected chi connectivity index (χ4v) is 1.46. The van der Waals surface area contributed by atoms with Crippen molar-refractivity contribution in [3.63, 3.8) is 0 Å². The monoisotopic (exact) mass is 243 g/mol. The van der Waals surface area contributed by atoms with Crippen LogP contribution in [0.2, 0.25) is 10.0 Å². The molecule has 1 rings (SSSR count). The molecule has 15 heavy (non-hydrogen) atoms. The van der Waals surface area contributed by atoms with Crippen molar-refractivity contribution in [2.75, 3.05) is 6.54 Å². The van der Waals surface area contributed by atoms with Crippen LogP contribution in [0.25, 0.3) is 0 Å². The molecule has 0 atom stereocenters. The van der Waals surface area contributed by atoms with E-state index in [1.165, 1.54) is 5.57 Å². The summed E-state index contributed by atoms with van der Waals surface area (Å²) >= 11 is 11.7. The van der Waals surface area contributed by atoms with Gasteiger partial charge in [0.2, 0.25) is 0 Å². The van der Waals surface area contributed by atoms with Gasteiger partial charge in [-0.15, -0.1) is 0 Å². The third kappa shape index (κ3) is 4.70. The van der Waals surface area contributed by atoms with Crippen molar-refractivity contribution >= 4 is 23.2 Å². The van der Waals surface area contributed by atoms with Gasteiger partial charge in [-0.2, -0.15) is 0 Å². The summed E-state index contributed by atoms with van der Waals surface area (Å²) in [5.74, 6) is 0. The average molecular weight is 244 g/mol. The predicted molar refractivity (Wildman–Crippen MR) is 67.6 cm³/mol. The number of rotatable bonds is 4. The molecule has 1 aromatic rings. The lowest BCUT2D eigenvalue weighted by Crippen LogP contribution is -2.12. The van der Waals surface area contributed by atoms with E-state index in [-0.39, 0.29) is 0 Å². The van der Waals surface area contributed by atoms with E-state index in [1.807, 2.05) is 18.2 Å². The minimum Gasteiger partial charge on any atom is -0.309 e. The summed E-state index contributed by atoms with van der Waals surface area (Å²) in [6.07, 6.45) is 2.15. The van der Waals surface area contributed by atoms with Crippen molar-refractivity contribution in [3.8, 4) is 0 Å². The molecule has 0 fully saturated rings. The van der Waals surface area contributed by atoms with E-state index in [2.05, 4.69) is 25.2 Å². The Kier molecular flexibility index (Phi) is 5.16. The first-order valence-corrected chi connectivity index (χ1v) is 5.63. The minimum atomic E-state index is 0.602. The van der Waals surface area contributed by atoms with Gasteiger partial charge in [-0.1, -0.05) is 40.9 Å². The highest BCUT2D eigenvalue weighted by atomic mass is 35.5. The van der Waals surface area contributed by atoms with E-state index in [1.54, 1.807) is 0 Å². The Morgan fingerprint density at radius 2 is 2.00 bits per heavy atom. The molecule has 0 unspecified atom stereocenters. The molecule has 0 amide bonds. The third-order valence-corrected chi connectivity index (χ3v) is 2.71. The predicted octanol–water partition coefficient (Wildman–Crippen LogP) is 4.05. The molecule has 0 saturated carbocycles. The lowest BCUT2D eigenvalue weighted by Gasteiger charge is -2.04. The van der Waals surface area contributed by atoms with E-state index in [4.69, 9.17) is 23.2 Å². The van der Waals surface area contributed by atoms with Gasteiger partial charge in [0.15, 0.2) is 0 Å². The third-order valence-electron chi connectivity index (χ3n) is 1.97. The molecule has 82 valence electrons. The second-order valence-electron chi connectivity index (χ2n) is 3.66. The van der Waals surface area contributed by atoms with Crippen LogP contribution in [0.15, 0.2) is 29.8 Å². The Balaban J connectivity index is 2.44. The van der Waals surface area contributed by atoms with Crippen molar-refractivity contribution < 1.29 is 0 Å². The Hall–Kier alpha value is -0.500. The maximum Gasteiger partial charge on any atom is 0.0595 e. The van der Waals surface area contributed by atoms with Crippen LogP contribution in [0.4, 0.5) is 0 Å². The molecule has 1 aromatic carbocycles. The van der Waals surface area contributed by atoms with Crippen LogP contribution >= 0.6 is 23.2 Å². The normalized spacial score (nSPS) is 10.1. The Labute approximate surface area is 101 Å². The number of halogens is 2. The summed E-state index contributed by atoms with van der Waals surface area (Å²) in [6, 6.07) is 5.69. The molecule has 0 heterocycles. The Bertz CT molecular complexity index is 355. The van der Waals surface area contributed by atoms with Gasteiger partial charge < -0.3 is 5.32 Å². The molecule has 0 radical (unpaired) electrons. The van der Waals surface area contributed by atoms with Crippen molar-refractivity contribution in [2.24, 2.45) is 0 Å². The van der Waals surface area contributed by atoms with Crippen LogP contribution < -0.4 is 5.32 Å². The lowest BCUT2D eigenvalue weighted by atomic mass is 10.2. The van der Waals surface area contributed by atoms with Gasteiger partial charge in [0.05, 0.1) is 10.0 Å². The largest absolute Gasteiger partial charge is 0.309 e. The molecule has 0 bridgehead atoms. The van der Waals surface area contributed by atoms with Crippen LogP contribution in [0, 0.1) is 0 Å². The second kappa shape index (κ2) is 6.16. The van der Waals surface area contributed by atoms with Crippen LogP contribution in [0.3, 0.4) is 0 Å². The summed E-state index contributed by atoms with van der Waals surface area (Å²) in [5, 5.41) is 4.51. The summed E-state index contributed by atoms with van der Waals surface area (Å²) in [7, 11) is 0. The second-order valence-corrected chi connectivity index (χ2v) is 4.48. The zero-order valence-electron chi connectivity index (χ0n) is 8.98. The molecular formula is C12H15Cl2N. The van der Waals surface area contributed by atoms with Gasteiger partial charge in [0.1, 0.15) is 0 Å². The average Bonchev–Trinajstić information content (AvgIpc) is 2.18. The molecular weight excluding hydrogens is 229 g/mol. The molecule has 0 aromatic heterocycles. The number of benzene rings is 1. The lowest BCUT2D eigenvalue weighted by molar-refractivity contribution is 0.757. The van der Waals surface area contributed by atoms with Gasteiger partial charge >= 0.3 is 0 Å². The van der Waals surface area contributed by atoms with Crippen LogP contribution in [0.1, 0.15) is 19.4 Å². The smallest absolute Gasteiger partial charge is 0.0595 e. The van der Waals surface area contributed by atoms with Crippen LogP contribution in [0.5, 0.6) is 0 Å². The highest BCUT2D eigenvalue weighted by Gasteiger charge is 1.98. The summed E-state index contributed by atoms with van der Waals surface area (Å²) in [5.41, 5.74) is 2.46. The van der Waals surface area contributed by atoms with Crippen LogP contribution in [-0.2, 0) is 6.54 Å². The van der Waals surface area contributed by atoms with Gasteiger partial charge in [-0.05, 0) is 31.5 Å². The number of allylic oxidation sites excluding steroid dienone is 1. The molecule has 0 aliphatic heterocycles. The van der Waals surface area contributed by atoms with Crippen molar-refractivity contribution in [3.05, 3.63) is 45.5 Å². The zero-order valence-corrected chi connectivity index (χ0v) is 10.5. The number of hydrogen-bond donors (Lipinski definition) is 1. The van der Waals surface area contributed by atoms with Gasteiger partial charge in [0.25, 0.3) is 0 Å². The van der Waals surface area contributed by atoms with E-state index >= 15 is 0 Å². The zero-order chi connectivity index (χ0) is 11.3. The van der Waals surface area contributed by atoms with Crippen LogP contribution in [-0.4, -0.2) is 6.54 Å². The molecule has 1 N–H and O–H groups in total. The van der Waals surface area contributed by atoms with Crippen molar-refractivity contribution in [1.29, 1.82) is 0 Å². The SMILES string of the molecule is CC(C)=CCNCc1ccc(Cl)c(Cl)c1. The maximum absolute atomic E-state index is 5.91. The van der Waals surface area contributed by atoms with Crippen molar-refractivity contribution in [2.45, 2.75) is 20.4 Å². The topological polar surface area (TPSA) is 12.0 Å².